The standard InChI is InChI=1S/C12H19N5O/c1-3-5-12-15-10(16-18-12)9-17-7-6-14-11(17)8-13-4-2/h6-7,13H,3-5,8-9H2,1-2H3. The molecule has 2 aromatic rings. The Balaban J connectivity index is 2.01. The molecule has 0 atom stereocenters. The predicted molar refractivity (Wildman–Crippen MR) is 67.0 cm³/mol. The Hall–Kier alpha value is -1.69. The van der Waals surface area contributed by atoms with Gasteiger partial charge in [0.2, 0.25) is 5.89 Å². The predicted octanol–water partition coefficient (Wildman–Crippen LogP) is 1.38. The number of nitrogens with zero attached hydrogens (tertiary/aromatic N) is 4. The molecule has 2 aromatic heterocycles. The maximum atomic E-state index is 5.16. The van der Waals surface area contributed by atoms with Gasteiger partial charge in [-0.3, -0.25) is 0 Å². The molecule has 1 N–H and O–H groups in total. The molecule has 0 aliphatic carbocycles. The molecule has 2 rings (SSSR count). The molecule has 0 saturated heterocycles. The third-order valence-electron chi connectivity index (χ3n) is 2.62. The van der Waals surface area contributed by atoms with E-state index in [0.29, 0.717) is 18.3 Å². The molecule has 0 aliphatic heterocycles. The van der Waals surface area contributed by atoms with Crippen molar-refractivity contribution in [2.75, 3.05) is 6.54 Å². The van der Waals surface area contributed by atoms with Gasteiger partial charge in [-0.2, -0.15) is 4.98 Å². The molecule has 0 spiro atoms. The van der Waals surface area contributed by atoms with Crippen molar-refractivity contribution in [2.45, 2.75) is 39.8 Å². The van der Waals surface area contributed by atoms with Crippen molar-refractivity contribution >= 4 is 0 Å². The van der Waals surface area contributed by atoms with Crippen molar-refractivity contribution < 1.29 is 4.52 Å². The van der Waals surface area contributed by atoms with Gasteiger partial charge in [0.25, 0.3) is 0 Å². The largest absolute Gasteiger partial charge is 0.339 e. The first-order valence-electron chi connectivity index (χ1n) is 6.35. The topological polar surface area (TPSA) is 68.8 Å². The van der Waals surface area contributed by atoms with E-state index in [-0.39, 0.29) is 0 Å². The smallest absolute Gasteiger partial charge is 0.226 e. The lowest BCUT2D eigenvalue weighted by Gasteiger charge is -2.05. The molecule has 2 heterocycles. The summed E-state index contributed by atoms with van der Waals surface area (Å²) in [5.74, 6) is 2.40. The summed E-state index contributed by atoms with van der Waals surface area (Å²) in [6, 6.07) is 0. The third kappa shape index (κ3) is 3.16. The van der Waals surface area contributed by atoms with E-state index in [0.717, 1.165) is 31.8 Å². The summed E-state index contributed by atoms with van der Waals surface area (Å²) < 4.78 is 7.20. The van der Waals surface area contributed by atoms with Crippen LogP contribution in [0.1, 0.15) is 37.8 Å². The third-order valence-corrected chi connectivity index (χ3v) is 2.62. The van der Waals surface area contributed by atoms with Gasteiger partial charge in [0.1, 0.15) is 5.82 Å². The van der Waals surface area contributed by atoms with Crippen molar-refractivity contribution in [2.24, 2.45) is 0 Å². The van der Waals surface area contributed by atoms with Gasteiger partial charge in [-0.05, 0) is 13.0 Å². The fourth-order valence-corrected chi connectivity index (χ4v) is 1.71. The Morgan fingerprint density at radius 2 is 2.28 bits per heavy atom. The van der Waals surface area contributed by atoms with Crippen LogP contribution in [0.15, 0.2) is 16.9 Å². The number of imidazole rings is 1. The van der Waals surface area contributed by atoms with E-state index < -0.39 is 0 Å². The summed E-state index contributed by atoms with van der Waals surface area (Å²) in [6.07, 6.45) is 5.57. The maximum absolute atomic E-state index is 5.16. The average molecular weight is 249 g/mol. The maximum Gasteiger partial charge on any atom is 0.226 e. The Kier molecular flexibility index (Phi) is 4.46. The molecule has 0 radical (unpaired) electrons. The number of aromatic nitrogens is 4. The normalized spacial score (nSPS) is 11.0. The highest BCUT2D eigenvalue weighted by molar-refractivity contribution is 4.97. The van der Waals surface area contributed by atoms with Crippen LogP contribution in [-0.4, -0.2) is 26.2 Å². The summed E-state index contributed by atoms with van der Waals surface area (Å²) in [7, 11) is 0. The lowest BCUT2D eigenvalue weighted by Crippen LogP contribution is -2.16. The minimum absolute atomic E-state index is 0.605. The Morgan fingerprint density at radius 3 is 3.06 bits per heavy atom. The first-order valence-corrected chi connectivity index (χ1v) is 6.35. The summed E-state index contributed by atoms with van der Waals surface area (Å²) in [5, 5.41) is 7.23. The minimum Gasteiger partial charge on any atom is -0.339 e. The zero-order valence-electron chi connectivity index (χ0n) is 10.9. The van der Waals surface area contributed by atoms with Gasteiger partial charge in [0, 0.05) is 18.8 Å². The van der Waals surface area contributed by atoms with Crippen LogP contribution in [0, 0.1) is 0 Å². The van der Waals surface area contributed by atoms with Crippen LogP contribution in [-0.2, 0) is 19.5 Å². The molecular weight excluding hydrogens is 230 g/mol. The monoisotopic (exact) mass is 249 g/mol. The first kappa shape index (κ1) is 12.8. The molecule has 6 nitrogen and oxygen atoms in total. The Bertz CT molecular complexity index is 476. The minimum atomic E-state index is 0.605. The fourth-order valence-electron chi connectivity index (χ4n) is 1.71. The average Bonchev–Trinajstić information content (AvgIpc) is 2.98. The molecule has 0 saturated carbocycles. The van der Waals surface area contributed by atoms with E-state index in [1.54, 1.807) is 6.20 Å². The SMILES string of the molecule is CCCc1nc(Cn2ccnc2CNCC)no1. The van der Waals surface area contributed by atoms with Gasteiger partial charge in [-0.15, -0.1) is 0 Å². The molecule has 18 heavy (non-hydrogen) atoms. The number of hydrogen-bond acceptors (Lipinski definition) is 5. The van der Waals surface area contributed by atoms with E-state index in [1.165, 1.54) is 0 Å². The van der Waals surface area contributed by atoms with Crippen molar-refractivity contribution in [3.63, 3.8) is 0 Å². The van der Waals surface area contributed by atoms with E-state index in [9.17, 15) is 0 Å². The van der Waals surface area contributed by atoms with Crippen LogP contribution < -0.4 is 5.32 Å². The van der Waals surface area contributed by atoms with Crippen molar-refractivity contribution in [1.82, 2.24) is 25.0 Å². The van der Waals surface area contributed by atoms with Crippen molar-refractivity contribution in [3.05, 3.63) is 29.9 Å². The Labute approximate surface area is 106 Å². The van der Waals surface area contributed by atoms with Crippen LogP contribution in [0.4, 0.5) is 0 Å². The van der Waals surface area contributed by atoms with Crippen molar-refractivity contribution in [3.8, 4) is 0 Å². The molecule has 0 amide bonds. The number of nitrogens with one attached hydrogen (secondary N) is 1. The van der Waals surface area contributed by atoms with Crippen LogP contribution in [0.25, 0.3) is 0 Å². The quantitative estimate of drug-likeness (QED) is 0.802. The summed E-state index contributed by atoms with van der Waals surface area (Å²) >= 11 is 0. The second-order valence-electron chi connectivity index (χ2n) is 4.11. The molecule has 0 unspecified atom stereocenters. The van der Waals surface area contributed by atoms with Gasteiger partial charge in [-0.25, -0.2) is 4.98 Å². The number of rotatable bonds is 7. The van der Waals surface area contributed by atoms with Gasteiger partial charge in [-0.1, -0.05) is 19.0 Å². The van der Waals surface area contributed by atoms with E-state index in [4.69, 9.17) is 4.52 Å². The number of aryl methyl sites for hydroxylation is 1. The lowest BCUT2D eigenvalue weighted by molar-refractivity contribution is 0.370. The lowest BCUT2D eigenvalue weighted by atomic mass is 10.3. The van der Waals surface area contributed by atoms with Gasteiger partial charge in [0.15, 0.2) is 5.82 Å². The van der Waals surface area contributed by atoms with Crippen molar-refractivity contribution in [1.29, 1.82) is 0 Å². The zero-order valence-corrected chi connectivity index (χ0v) is 10.9. The zero-order chi connectivity index (χ0) is 12.8. The van der Waals surface area contributed by atoms with E-state index in [2.05, 4.69) is 34.3 Å². The molecule has 0 bridgehead atoms. The molecular formula is C12H19N5O. The van der Waals surface area contributed by atoms with E-state index in [1.807, 2.05) is 10.8 Å². The van der Waals surface area contributed by atoms with Gasteiger partial charge < -0.3 is 14.4 Å². The van der Waals surface area contributed by atoms with Gasteiger partial charge in [0.05, 0.1) is 13.1 Å². The summed E-state index contributed by atoms with van der Waals surface area (Å²) in [4.78, 5) is 8.66. The molecule has 0 aliphatic rings. The highest BCUT2D eigenvalue weighted by atomic mass is 16.5. The fraction of sp³-hybridized carbons (Fsp3) is 0.583. The van der Waals surface area contributed by atoms with Crippen LogP contribution >= 0.6 is 0 Å². The second kappa shape index (κ2) is 6.30. The highest BCUT2D eigenvalue weighted by Crippen LogP contribution is 2.05. The van der Waals surface area contributed by atoms with E-state index >= 15 is 0 Å². The molecule has 0 fully saturated rings. The van der Waals surface area contributed by atoms with Crippen LogP contribution in [0.5, 0.6) is 0 Å². The Morgan fingerprint density at radius 1 is 1.39 bits per heavy atom. The molecule has 0 aromatic carbocycles. The number of hydrogen-bond donors (Lipinski definition) is 1. The molecule has 98 valence electrons. The second-order valence-corrected chi connectivity index (χ2v) is 4.11. The first-order chi connectivity index (χ1) is 8.83. The van der Waals surface area contributed by atoms with Crippen LogP contribution in [0.3, 0.4) is 0 Å². The van der Waals surface area contributed by atoms with Crippen LogP contribution in [0.2, 0.25) is 0 Å². The molecule has 6 heteroatoms. The summed E-state index contributed by atoms with van der Waals surface area (Å²) in [6.45, 7) is 6.45. The summed E-state index contributed by atoms with van der Waals surface area (Å²) in [5.41, 5.74) is 0. The highest BCUT2D eigenvalue weighted by Gasteiger charge is 2.08. The van der Waals surface area contributed by atoms with Gasteiger partial charge >= 0.3 is 0 Å².